The van der Waals surface area contributed by atoms with Crippen LogP contribution in [0, 0.1) is 5.82 Å². The van der Waals surface area contributed by atoms with Crippen LogP contribution in [0.4, 0.5) is 4.39 Å². The molecule has 1 rings (SSSR count). The van der Waals surface area contributed by atoms with Crippen LogP contribution in [0.25, 0.3) is 0 Å². The van der Waals surface area contributed by atoms with E-state index in [9.17, 15) is 14.3 Å². The molecule has 0 saturated carbocycles. The van der Waals surface area contributed by atoms with Crippen molar-refractivity contribution in [3.8, 4) is 0 Å². The molecule has 0 aliphatic carbocycles. The summed E-state index contributed by atoms with van der Waals surface area (Å²) >= 11 is 0. The minimum absolute atomic E-state index is 0.0949. The van der Waals surface area contributed by atoms with Gasteiger partial charge >= 0.3 is 0 Å². The smallest absolute Gasteiger partial charge is 0.163 e. The van der Waals surface area contributed by atoms with Gasteiger partial charge in [-0.1, -0.05) is 12.1 Å². The Bertz CT molecular complexity index is 440. The molecule has 0 amide bonds. The van der Waals surface area contributed by atoms with Gasteiger partial charge in [0.15, 0.2) is 5.78 Å². The van der Waals surface area contributed by atoms with Crippen molar-refractivity contribution in [2.45, 2.75) is 20.0 Å². The van der Waals surface area contributed by atoms with Crippen LogP contribution < -0.4 is 0 Å². The Morgan fingerprint density at radius 2 is 1.94 bits per heavy atom. The Hall–Kier alpha value is -1.70. The van der Waals surface area contributed by atoms with Crippen LogP contribution in [-0.4, -0.2) is 10.9 Å². The number of Topliss-reactive ketones (excluding diaryl/α,β-unsaturated/α-hetero) is 1. The molecule has 1 aromatic rings. The number of benzene rings is 1. The van der Waals surface area contributed by atoms with Gasteiger partial charge in [-0.3, -0.25) is 4.79 Å². The molecule has 3 heteroatoms. The zero-order chi connectivity index (χ0) is 12.1. The third-order valence-electron chi connectivity index (χ3n) is 2.20. The predicted molar refractivity (Wildman–Crippen MR) is 59.3 cm³/mol. The molecule has 0 spiro atoms. The molecule has 0 fully saturated rings. The fourth-order valence-corrected chi connectivity index (χ4v) is 1.06. The lowest BCUT2D eigenvalue weighted by Gasteiger charge is -2.03. The summed E-state index contributed by atoms with van der Waals surface area (Å²) in [5.41, 5.74) is 3.70. The normalized spacial score (nSPS) is 11.5. The number of carbonyl (C=O) groups is 1. The zero-order valence-corrected chi connectivity index (χ0v) is 9.20. The second kappa shape index (κ2) is 5.40. The van der Waals surface area contributed by atoms with Crippen LogP contribution in [0.15, 0.2) is 41.6 Å². The highest BCUT2D eigenvalue weighted by molar-refractivity contribution is 5.92. The summed E-state index contributed by atoms with van der Waals surface area (Å²) in [4.78, 5) is 10.9. The van der Waals surface area contributed by atoms with E-state index in [-0.39, 0.29) is 11.6 Å². The van der Waals surface area contributed by atoms with Crippen molar-refractivity contribution in [2.75, 3.05) is 0 Å². The van der Waals surface area contributed by atoms with Crippen molar-refractivity contribution in [1.29, 1.82) is 0 Å². The minimum Gasteiger partial charge on any atom is -0.384 e. The number of aliphatic hydroxyl groups is 1. The quantitative estimate of drug-likeness (QED) is 0.628. The van der Waals surface area contributed by atoms with Crippen molar-refractivity contribution in [1.82, 2.24) is 0 Å². The van der Waals surface area contributed by atoms with E-state index in [1.807, 2.05) is 0 Å². The van der Waals surface area contributed by atoms with Crippen LogP contribution in [0.1, 0.15) is 25.5 Å². The summed E-state index contributed by atoms with van der Waals surface area (Å²) in [6, 6.07) is 5.52. The fourth-order valence-electron chi connectivity index (χ4n) is 1.06. The van der Waals surface area contributed by atoms with Crippen molar-refractivity contribution in [3.63, 3.8) is 0 Å². The molecule has 84 valence electrons. The van der Waals surface area contributed by atoms with Gasteiger partial charge < -0.3 is 5.11 Å². The van der Waals surface area contributed by atoms with E-state index in [1.165, 1.54) is 37.3 Å². The Morgan fingerprint density at radius 3 is 2.44 bits per heavy atom. The first-order chi connectivity index (χ1) is 7.50. The first-order valence-electron chi connectivity index (χ1n) is 4.88. The molecule has 0 aliphatic heterocycles. The molecule has 1 atom stereocenters. The van der Waals surface area contributed by atoms with Gasteiger partial charge in [0.25, 0.3) is 0 Å². The van der Waals surface area contributed by atoms with E-state index in [4.69, 9.17) is 0 Å². The lowest BCUT2D eigenvalue weighted by molar-refractivity contribution is -0.113. The second-order valence-electron chi connectivity index (χ2n) is 3.49. The molecule has 0 radical (unpaired) electrons. The zero-order valence-electron chi connectivity index (χ0n) is 9.20. The van der Waals surface area contributed by atoms with Crippen LogP contribution in [0.3, 0.4) is 0 Å². The summed E-state index contributed by atoms with van der Waals surface area (Å²) in [5.74, 6) is -0.446. The number of carbonyl (C=O) groups excluding carboxylic acids is 1. The Labute approximate surface area is 93.7 Å². The lowest BCUT2D eigenvalue weighted by atomic mass is 10.1. The topological polar surface area (TPSA) is 37.3 Å². The Balaban J connectivity index is 2.88. The maximum atomic E-state index is 12.6. The first-order valence-corrected chi connectivity index (χ1v) is 4.88. The molecular weight excluding hydrogens is 207 g/mol. The molecule has 1 N–H and O–H groups in total. The third-order valence-corrected chi connectivity index (χ3v) is 2.20. The average molecular weight is 220 g/mol. The van der Waals surface area contributed by atoms with Crippen LogP contribution in [0.2, 0.25) is 0 Å². The van der Waals surface area contributed by atoms with Crippen LogP contribution >= 0.6 is 0 Å². The van der Waals surface area contributed by atoms with Gasteiger partial charge in [0, 0.05) is 5.57 Å². The number of hydrogen-bond donors (Lipinski definition) is 1. The molecule has 1 unspecified atom stereocenters. The van der Waals surface area contributed by atoms with Crippen molar-refractivity contribution in [3.05, 3.63) is 53.0 Å². The van der Waals surface area contributed by atoms with Gasteiger partial charge in [-0.25, -0.2) is 4.39 Å². The lowest BCUT2D eigenvalue weighted by Crippen LogP contribution is -1.93. The first kappa shape index (κ1) is 12.4. The van der Waals surface area contributed by atoms with E-state index in [0.29, 0.717) is 11.1 Å². The van der Waals surface area contributed by atoms with Gasteiger partial charge in [0.2, 0.25) is 0 Å². The Morgan fingerprint density at radius 1 is 1.38 bits per heavy atom. The van der Waals surface area contributed by atoms with Crippen LogP contribution in [0.5, 0.6) is 0 Å². The van der Waals surface area contributed by atoms with E-state index in [0.717, 1.165) is 0 Å². The number of rotatable bonds is 3. The highest BCUT2D eigenvalue weighted by Crippen LogP contribution is 2.14. The molecule has 0 bridgehead atoms. The van der Waals surface area contributed by atoms with Gasteiger partial charge in [-0.15, -0.1) is 5.73 Å². The molecule has 0 aliphatic rings. The Kier molecular flexibility index (Phi) is 4.18. The molecule has 0 aromatic heterocycles. The molecular formula is C13H13FO2. The summed E-state index contributed by atoms with van der Waals surface area (Å²) in [6.07, 6.45) is 0.499. The number of aliphatic hydroxyl groups excluding tert-OH is 1. The van der Waals surface area contributed by atoms with Crippen LogP contribution in [-0.2, 0) is 4.79 Å². The van der Waals surface area contributed by atoms with Crippen molar-refractivity contribution in [2.24, 2.45) is 0 Å². The summed E-state index contributed by atoms with van der Waals surface area (Å²) < 4.78 is 12.6. The molecule has 0 heterocycles. The predicted octanol–water partition coefficient (Wildman–Crippen LogP) is 2.55. The monoisotopic (exact) mass is 220 g/mol. The van der Waals surface area contributed by atoms with Crippen molar-refractivity contribution >= 4 is 5.78 Å². The molecule has 2 nitrogen and oxygen atoms in total. The number of ketones is 1. The van der Waals surface area contributed by atoms with E-state index < -0.39 is 6.10 Å². The maximum absolute atomic E-state index is 12.6. The highest BCUT2D eigenvalue weighted by Gasteiger charge is 2.03. The molecule has 0 saturated heterocycles. The minimum atomic E-state index is -0.880. The van der Waals surface area contributed by atoms with E-state index >= 15 is 0 Å². The van der Waals surface area contributed by atoms with Gasteiger partial charge in [0.1, 0.15) is 11.9 Å². The highest BCUT2D eigenvalue weighted by atomic mass is 19.1. The van der Waals surface area contributed by atoms with Gasteiger partial charge in [0.05, 0.1) is 0 Å². The molecule has 1 aromatic carbocycles. The fraction of sp³-hybridized carbons (Fsp3) is 0.231. The average Bonchev–Trinajstić information content (AvgIpc) is 2.26. The summed E-state index contributed by atoms with van der Waals surface area (Å²) in [5, 5.41) is 9.68. The maximum Gasteiger partial charge on any atom is 0.163 e. The van der Waals surface area contributed by atoms with Gasteiger partial charge in [-0.05, 0) is 37.6 Å². The van der Waals surface area contributed by atoms with Crippen molar-refractivity contribution < 1.29 is 14.3 Å². The van der Waals surface area contributed by atoms with E-state index in [1.54, 1.807) is 6.92 Å². The third kappa shape index (κ3) is 3.46. The summed E-state index contributed by atoms with van der Waals surface area (Å²) in [6.45, 7) is 3.05. The van der Waals surface area contributed by atoms with Gasteiger partial charge in [-0.2, -0.15) is 0 Å². The standard InChI is InChI=1S/C13H13FO2/c1-9(10(2)15)3-8-13(16)11-4-6-12(14)7-5-11/h4-8,13,16H,1-2H3. The SMILES string of the molecule is CC(=O)C(C)=C=CC(O)c1ccc(F)cc1. The number of hydrogen-bond acceptors (Lipinski definition) is 2. The number of halogens is 1. The summed E-state index contributed by atoms with van der Waals surface area (Å²) in [7, 11) is 0. The van der Waals surface area contributed by atoms with E-state index in [2.05, 4.69) is 5.73 Å². The second-order valence-corrected chi connectivity index (χ2v) is 3.49. The molecule has 16 heavy (non-hydrogen) atoms. The largest absolute Gasteiger partial charge is 0.384 e.